The lowest BCUT2D eigenvalue weighted by atomic mass is 10.2. The summed E-state index contributed by atoms with van der Waals surface area (Å²) in [6, 6.07) is 4.71. The summed E-state index contributed by atoms with van der Waals surface area (Å²) in [5.41, 5.74) is 0. The lowest BCUT2D eigenvalue weighted by Gasteiger charge is -2.18. The van der Waals surface area contributed by atoms with Gasteiger partial charge in [0.2, 0.25) is 5.91 Å². The Hall–Kier alpha value is -1.56. The molecule has 1 atom stereocenters. The first kappa shape index (κ1) is 18.8. The van der Waals surface area contributed by atoms with Gasteiger partial charge in [0.05, 0.1) is 0 Å². The molecule has 5 nitrogen and oxygen atoms in total. The molecule has 134 valence electrons. The van der Waals surface area contributed by atoms with Crippen molar-refractivity contribution in [3.8, 4) is 0 Å². The number of aliphatic imine (C=N–C) groups is 1. The molecule has 2 rings (SSSR count). The maximum Gasteiger partial charge on any atom is 0.222 e. The summed E-state index contributed by atoms with van der Waals surface area (Å²) in [5, 5.41) is 6.78. The van der Waals surface area contributed by atoms with E-state index in [1.165, 1.54) is 9.75 Å². The first-order chi connectivity index (χ1) is 11.6. The molecule has 1 saturated heterocycles. The fraction of sp³-hybridized carbons (Fsp3) is 0.667. The highest BCUT2D eigenvalue weighted by atomic mass is 32.1. The van der Waals surface area contributed by atoms with Gasteiger partial charge in [-0.3, -0.25) is 9.79 Å². The summed E-state index contributed by atoms with van der Waals surface area (Å²) in [7, 11) is 0. The van der Waals surface area contributed by atoms with Crippen LogP contribution in [0.25, 0.3) is 0 Å². The van der Waals surface area contributed by atoms with Gasteiger partial charge >= 0.3 is 0 Å². The first-order valence-electron chi connectivity index (χ1n) is 8.96. The fourth-order valence-corrected chi connectivity index (χ4v) is 3.91. The number of carbonyl (C=O) groups is 1. The zero-order chi connectivity index (χ0) is 17.4. The molecule has 6 heteroatoms. The number of thiophene rings is 1. The quantitative estimate of drug-likeness (QED) is 0.430. The molecule has 2 heterocycles. The van der Waals surface area contributed by atoms with E-state index in [0.717, 1.165) is 51.4 Å². The second-order valence-electron chi connectivity index (χ2n) is 6.36. The third kappa shape index (κ3) is 6.15. The van der Waals surface area contributed by atoms with E-state index < -0.39 is 0 Å². The molecule has 1 unspecified atom stereocenters. The van der Waals surface area contributed by atoms with E-state index in [1.54, 1.807) is 0 Å². The summed E-state index contributed by atoms with van der Waals surface area (Å²) < 4.78 is 0. The number of likely N-dealkylation sites (tertiary alicyclic amines) is 1. The largest absolute Gasteiger partial charge is 0.357 e. The molecule has 2 N–H and O–H groups in total. The number of nitrogens with zero attached hydrogens (tertiary/aromatic N) is 2. The molecular weight excluding hydrogens is 320 g/mol. The Morgan fingerprint density at radius 1 is 1.46 bits per heavy atom. The second-order valence-corrected chi connectivity index (χ2v) is 7.73. The minimum atomic E-state index is 0.295. The Kier molecular flexibility index (Phi) is 7.56. The Balaban J connectivity index is 1.75. The second kappa shape index (κ2) is 9.67. The molecule has 1 aliphatic rings. The van der Waals surface area contributed by atoms with E-state index in [1.807, 2.05) is 16.2 Å². The van der Waals surface area contributed by atoms with Crippen LogP contribution in [0.2, 0.25) is 0 Å². The molecule has 1 fully saturated rings. The number of carbonyl (C=O) groups excluding carboxylic acids is 1. The monoisotopic (exact) mass is 350 g/mol. The van der Waals surface area contributed by atoms with Crippen LogP contribution < -0.4 is 10.6 Å². The van der Waals surface area contributed by atoms with Crippen LogP contribution in [-0.4, -0.2) is 49.0 Å². The van der Waals surface area contributed by atoms with Crippen LogP contribution in [0.4, 0.5) is 0 Å². The van der Waals surface area contributed by atoms with E-state index in [-0.39, 0.29) is 0 Å². The third-order valence-corrected chi connectivity index (χ3v) is 5.08. The molecule has 24 heavy (non-hydrogen) atoms. The molecule has 1 amide bonds. The van der Waals surface area contributed by atoms with Crippen molar-refractivity contribution >= 4 is 23.2 Å². The van der Waals surface area contributed by atoms with E-state index >= 15 is 0 Å². The van der Waals surface area contributed by atoms with Crippen molar-refractivity contribution in [2.75, 3.05) is 26.2 Å². The van der Waals surface area contributed by atoms with Gasteiger partial charge in [-0.1, -0.05) is 0 Å². The Morgan fingerprint density at radius 2 is 2.29 bits per heavy atom. The van der Waals surface area contributed by atoms with Crippen LogP contribution in [0.5, 0.6) is 0 Å². The van der Waals surface area contributed by atoms with Crippen LogP contribution in [-0.2, 0) is 11.2 Å². The predicted octanol–water partition coefficient (Wildman–Crippen LogP) is 2.56. The van der Waals surface area contributed by atoms with Crippen molar-refractivity contribution in [1.29, 1.82) is 0 Å². The zero-order valence-corrected chi connectivity index (χ0v) is 15.9. The van der Waals surface area contributed by atoms with Crippen molar-refractivity contribution in [1.82, 2.24) is 15.5 Å². The number of hydrogen-bond acceptors (Lipinski definition) is 3. The van der Waals surface area contributed by atoms with Crippen LogP contribution in [0.1, 0.15) is 42.9 Å². The van der Waals surface area contributed by atoms with Gasteiger partial charge in [-0.25, -0.2) is 0 Å². The molecule has 0 radical (unpaired) electrons. The Morgan fingerprint density at radius 3 is 2.92 bits per heavy atom. The van der Waals surface area contributed by atoms with Crippen LogP contribution in [0.3, 0.4) is 0 Å². The van der Waals surface area contributed by atoms with Crippen molar-refractivity contribution in [3.05, 3.63) is 21.9 Å². The van der Waals surface area contributed by atoms with E-state index in [9.17, 15) is 4.79 Å². The van der Waals surface area contributed by atoms with Gasteiger partial charge in [-0.15, -0.1) is 11.3 Å². The van der Waals surface area contributed by atoms with Crippen LogP contribution in [0.15, 0.2) is 17.1 Å². The smallest absolute Gasteiger partial charge is 0.222 e. The number of rotatable bonds is 8. The average molecular weight is 351 g/mol. The Bertz CT molecular complexity index is 555. The highest BCUT2D eigenvalue weighted by molar-refractivity contribution is 7.11. The molecule has 1 aliphatic heterocycles. The van der Waals surface area contributed by atoms with Gasteiger partial charge in [0, 0.05) is 54.8 Å². The van der Waals surface area contributed by atoms with E-state index in [2.05, 4.69) is 48.5 Å². The molecule has 1 aromatic heterocycles. The first-order valence-corrected chi connectivity index (χ1v) is 9.78. The van der Waals surface area contributed by atoms with Gasteiger partial charge in [0.1, 0.15) is 0 Å². The average Bonchev–Trinajstić information content (AvgIpc) is 3.12. The van der Waals surface area contributed by atoms with E-state index in [4.69, 9.17) is 0 Å². The van der Waals surface area contributed by atoms with Gasteiger partial charge < -0.3 is 15.5 Å². The normalized spacial score (nSPS) is 16.5. The Labute approximate surface area is 149 Å². The number of hydrogen-bond donors (Lipinski definition) is 2. The van der Waals surface area contributed by atoms with Gasteiger partial charge in [0.15, 0.2) is 5.96 Å². The summed E-state index contributed by atoms with van der Waals surface area (Å²) in [5.74, 6) is 1.16. The van der Waals surface area contributed by atoms with Crippen molar-refractivity contribution < 1.29 is 4.79 Å². The van der Waals surface area contributed by atoms with Gasteiger partial charge in [-0.2, -0.15) is 0 Å². The van der Waals surface area contributed by atoms with Gasteiger partial charge in [0.25, 0.3) is 0 Å². The zero-order valence-electron chi connectivity index (χ0n) is 15.1. The lowest BCUT2D eigenvalue weighted by Crippen LogP contribution is -2.43. The fourth-order valence-electron chi connectivity index (χ4n) is 2.89. The maximum absolute atomic E-state index is 11.6. The van der Waals surface area contributed by atoms with Crippen molar-refractivity contribution in [2.45, 2.75) is 52.5 Å². The third-order valence-electron chi connectivity index (χ3n) is 4.06. The molecule has 1 aromatic rings. The standard InChI is InChI=1S/C18H30N4OS/c1-4-19-18(20-10-6-12-22-11-5-7-17(22)23)21-14(2)13-16-9-8-15(3)24-16/h8-9,14H,4-7,10-13H2,1-3H3,(H2,19,20,21). The van der Waals surface area contributed by atoms with E-state index in [0.29, 0.717) is 18.4 Å². The highest BCUT2D eigenvalue weighted by Gasteiger charge is 2.18. The summed E-state index contributed by atoms with van der Waals surface area (Å²) in [6.45, 7) is 9.73. The molecular formula is C18H30N4OS. The SMILES string of the molecule is CCNC(=NCCCN1CCCC1=O)NC(C)Cc1ccc(C)s1. The minimum Gasteiger partial charge on any atom is -0.357 e. The van der Waals surface area contributed by atoms with Crippen LogP contribution in [0, 0.1) is 6.92 Å². The summed E-state index contributed by atoms with van der Waals surface area (Å²) >= 11 is 1.85. The molecule has 0 spiro atoms. The number of guanidine groups is 1. The molecule has 0 bridgehead atoms. The summed E-state index contributed by atoms with van der Waals surface area (Å²) in [4.78, 5) is 20.9. The van der Waals surface area contributed by atoms with Crippen molar-refractivity contribution in [3.63, 3.8) is 0 Å². The molecule has 0 aliphatic carbocycles. The molecule has 0 saturated carbocycles. The predicted molar refractivity (Wildman–Crippen MR) is 102 cm³/mol. The lowest BCUT2D eigenvalue weighted by molar-refractivity contribution is -0.127. The van der Waals surface area contributed by atoms with Crippen LogP contribution >= 0.6 is 11.3 Å². The maximum atomic E-state index is 11.6. The molecule has 0 aromatic carbocycles. The topological polar surface area (TPSA) is 56.7 Å². The number of nitrogens with one attached hydrogen (secondary N) is 2. The highest BCUT2D eigenvalue weighted by Crippen LogP contribution is 2.16. The number of aryl methyl sites for hydroxylation is 1. The van der Waals surface area contributed by atoms with Crippen molar-refractivity contribution in [2.24, 2.45) is 4.99 Å². The summed E-state index contributed by atoms with van der Waals surface area (Å²) in [6.07, 6.45) is 3.64. The van der Waals surface area contributed by atoms with Gasteiger partial charge in [-0.05, 0) is 45.7 Å². The minimum absolute atomic E-state index is 0.295. The number of amides is 1.